The lowest BCUT2D eigenvalue weighted by molar-refractivity contribution is 1.18. The molecule has 10 aromatic rings. The van der Waals surface area contributed by atoms with Crippen LogP contribution in [0.4, 0.5) is 0 Å². The lowest BCUT2D eigenvalue weighted by atomic mass is 10.0. The molecule has 0 saturated heterocycles. The van der Waals surface area contributed by atoms with Crippen LogP contribution < -0.4 is 0 Å². The van der Waals surface area contributed by atoms with Crippen LogP contribution in [0, 0.1) is 0 Å². The Morgan fingerprint density at radius 1 is 0.444 bits per heavy atom. The third kappa shape index (κ3) is 3.77. The van der Waals surface area contributed by atoms with Gasteiger partial charge in [0.25, 0.3) is 0 Å². The highest BCUT2D eigenvalue weighted by Gasteiger charge is 2.17. The number of thiazole rings is 1. The summed E-state index contributed by atoms with van der Waals surface area (Å²) >= 11 is 3.63. The van der Waals surface area contributed by atoms with E-state index in [-0.39, 0.29) is 0 Å². The normalized spacial score (nSPS) is 12.0. The zero-order valence-corrected chi connectivity index (χ0v) is 25.7. The van der Waals surface area contributed by atoms with E-state index in [1.807, 2.05) is 11.3 Å². The van der Waals surface area contributed by atoms with E-state index in [1.54, 1.807) is 11.3 Å². The molecule has 0 aliphatic rings. The Hall–Kier alpha value is -5.29. The van der Waals surface area contributed by atoms with E-state index in [4.69, 9.17) is 4.98 Å². The quantitative estimate of drug-likeness (QED) is 0.195. The maximum atomic E-state index is 5.26. The van der Waals surface area contributed by atoms with Gasteiger partial charge in [0.15, 0.2) is 0 Å². The Morgan fingerprint density at radius 2 is 1.20 bits per heavy atom. The summed E-state index contributed by atoms with van der Waals surface area (Å²) in [5, 5.41) is 8.75. The maximum absolute atomic E-state index is 5.26. The van der Waals surface area contributed by atoms with Crippen molar-refractivity contribution in [1.29, 1.82) is 0 Å². The van der Waals surface area contributed by atoms with Crippen molar-refractivity contribution in [2.45, 2.75) is 0 Å². The third-order valence-electron chi connectivity index (χ3n) is 9.04. The van der Waals surface area contributed by atoms with Crippen LogP contribution in [0.15, 0.2) is 146 Å². The topological polar surface area (TPSA) is 17.8 Å². The second-order valence-electron chi connectivity index (χ2n) is 11.6. The van der Waals surface area contributed by atoms with E-state index < -0.39 is 0 Å². The number of hydrogen-bond acceptors (Lipinski definition) is 3. The van der Waals surface area contributed by atoms with Crippen LogP contribution in [0.2, 0.25) is 0 Å². The number of rotatable bonds is 3. The molecule has 0 amide bonds. The van der Waals surface area contributed by atoms with Crippen LogP contribution in [0.1, 0.15) is 0 Å². The lowest BCUT2D eigenvalue weighted by Gasteiger charge is -2.09. The zero-order chi connectivity index (χ0) is 29.5. The number of fused-ring (bicyclic) bond motifs is 10. The first kappa shape index (κ1) is 25.1. The van der Waals surface area contributed by atoms with E-state index in [9.17, 15) is 0 Å². The molecular weight excluding hydrogens is 585 g/mol. The fraction of sp³-hybridized carbons (Fsp3) is 0. The van der Waals surface area contributed by atoms with Gasteiger partial charge < -0.3 is 4.57 Å². The van der Waals surface area contributed by atoms with Crippen molar-refractivity contribution in [3.8, 4) is 27.4 Å². The number of hydrogen-bond donors (Lipinski definition) is 0. The molecule has 0 fully saturated rings. The fourth-order valence-electron chi connectivity index (χ4n) is 6.96. The predicted molar refractivity (Wildman–Crippen MR) is 195 cm³/mol. The molecule has 210 valence electrons. The van der Waals surface area contributed by atoms with E-state index in [0.29, 0.717) is 0 Å². The van der Waals surface area contributed by atoms with Crippen LogP contribution in [-0.2, 0) is 0 Å². The van der Waals surface area contributed by atoms with Gasteiger partial charge in [0.1, 0.15) is 5.01 Å². The van der Waals surface area contributed by atoms with Gasteiger partial charge in [-0.1, -0.05) is 91.0 Å². The number of benzene rings is 7. The molecule has 0 N–H and O–H groups in total. The predicted octanol–water partition coefficient (Wildman–Crippen LogP) is 12.2. The highest BCUT2D eigenvalue weighted by molar-refractivity contribution is 7.26. The Kier molecular flexibility index (Phi) is 5.35. The molecule has 0 saturated carbocycles. The SMILES string of the molecule is c1ccc(-c2ccc3c(c2)sc2ccc4sc(-c5ccc(-n6c7ccccc7c7c8ccccc8ccc76)cc5)nc4c23)cc1. The summed E-state index contributed by atoms with van der Waals surface area (Å²) in [6.45, 7) is 0. The second kappa shape index (κ2) is 9.60. The molecule has 0 aliphatic heterocycles. The molecule has 3 aromatic heterocycles. The maximum Gasteiger partial charge on any atom is 0.124 e. The van der Waals surface area contributed by atoms with Gasteiger partial charge >= 0.3 is 0 Å². The molecule has 0 spiro atoms. The first-order valence-corrected chi connectivity index (χ1v) is 16.8. The van der Waals surface area contributed by atoms with Gasteiger partial charge in [-0.25, -0.2) is 4.98 Å². The van der Waals surface area contributed by atoms with E-state index in [1.165, 1.54) is 68.6 Å². The first-order chi connectivity index (χ1) is 22.3. The van der Waals surface area contributed by atoms with Crippen molar-refractivity contribution in [3.63, 3.8) is 0 Å². The molecule has 3 heterocycles. The summed E-state index contributed by atoms with van der Waals surface area (Å²) in [7, 11) is 0. The molecule has 4 heteroatoms. The minimum Gasteiger partial charge on any atom is -0.309 e. The molecule has 0 bridgehead atoms. The van der Waals surface area contributed by atoms with Gasteiger partial charge in [0.2, 0.25) is 0 Å². The van der Waals surface area contributed by atoms with Crippen molar-refractivity contribution in [1.82, 2.24) is 9.55 Å². The summed E-state index contributed by atoms with van der Waals surface area (Å²) < 4.78 is 6.21. The number of nitrogens with zero attached hydrogens (tertiary/aromatic N) is 2. The Labute approximate surface area is 267 Å². The largest absolute Gasteiger partial charge is 0.309 e. The van der Waals surface area contributed by atoms with Gasteiger partial charge in [-0.15, -0.1) is 22.7 Å². The number of aromatic nitrogens is 2. The third-order valence-corrected chi connectivity index (χ3v) is 11.2. The summed E-state index contributed by atoms with van der Waals surface area (Å²) in [5.41, 5.74) is 8.34. The summed E-state index contributed by atoms with van der Waals surface area (Å²) in [4.78, 5) is 5.26. The summed E-state index contributed by atoms with van der Waals surface area (Å²) in [5.74, 6) is 0. The van der Waals surface area contributed by atoms with Crippen molar-refractivity contribution in [2.75, 3.05) is 0 Å². The van der Waals surface area contributed by atoms with Gasteiger partial charge in [-0.05, 0) is 76.5 Å². The lowest BCUT2D eigenvalue weighted by Crippen LogP contribution is -1.93. The molecule has 2 nitrogen and oxygen atoms in total. The number of thiophene rings is 1. The summed E-state index contributed by atoms with van der Waals surface area (Å²) in [6, 6.07) is 52.8. The second-order valence-corrected chi connectivity index (χ2v) is 13.7. The standard InChI is InChI=1S/C41H24N2S2/c1-2-8-25(9-3-1)28-16-20-32-37(24-28)44-35-22-23-36-40(39(32)35)42-41(45-36)27-14-18-29(19-15-27)43-33-13-7-6-12-31(33)38-30-11-5-4-10-26(30)17-21-34(38)43/h1-24H. The molecule has 0 radical (unpaired) electrons. The molecule has 0 atom stereocenters. The fourth-order valence-corrected chi connectivity index (χ4v) is 9.08. The monoisotopic (exact) mass is 608 g/mol. The summed E-state index contributed by atoms with van der Waals surface area (Å²) in [6.07, 6.45) is 0. The van der Waals surface area contributed by atoms with E-state index in [0.717, 1.165) is 21.8 Å². The molecule has 10 rings (SSSR count). The van der Waals surface area contributed by atoms with Gasteiger partial charge in [0, 0.05) is 42.2 Å². The molecule has 0 aliphatic carbocycles. The smallest absolute Gasteiger partial charge is 0.124 e. The molecule has 7 aromatic carbocycles. The van der Waals surface area contributed by atoms with Gasteiger partial charge in [-0.3, -0.25) is 0 Å². The van der Waals surface area contributed by atoms with Crippen LogP contribution in [0.3, 0.4) is 0 Å². The minimum absolute atomic E-state index is 1.05. The van der Waals surface area contributed by atoms with Crippen molar-refractivity contribution < 1.29 is 0 Å². The minimum atomic E-state index is 1.05. The number of para-hydroxylation sites is 1. The van der Waals surface area contributed by atoms with Crippen LogP contribution in [0.5, 0.6) is 0 Å². The van der Waals surface area contributed by atoms with Crippen molar-refractivity contribution >= 4 is 85.6 Å². The Bertz CT molecular complexity index is 2750. The molecule has 0 unspecified atom stereocenters. The highest BCUT2D eigenvalue weighted by atomic mass is 32.1. The van der Waals surface area contributed by atoms with Gasteiger partial charge in [-0.2, -0.15) is 0 Å². The average molecular weight is 609 g/mol. The zero-order valence-electron chi connectivity index (χ0n) is 24.1. The average Bonchev–Trinajstić information content (AvgIpc) is 3.80. The first-order valence-electron chi connectivity index (χ1n) is 15.1. The van der Waals surface area contributed by atoms with Crippen LogP contribution in [-0.4, -0.2) is 9.55 Å². The highest BCUT2D eigenvalue weighted by Crippen LogP contribution is 2.43. The van der Waals surface area contributed by atoms with E-state index in [2.05, 4.69) is 150 Å². The van der Waals surface area contributed by atoms with Gasteiger partial charge in [0.05, 0.1) is 21.3 Å². The van der Waals surface area contributed by atoms with E-state index >= 15 is 0 Å². The Morgan fingerprint density at radius 3 is 2.09 bits per heavy atom. The van der Waals surface area contributed by atoms with Crippen LogP contribution in [0.25, 0.3) is 90.4 Å². The van der Waals surface area contributed by atoms with Crippen LogP contribution >= 0.6 is 22.7 Å². The van der Waals surface area contributed by atoms with Crippen molar-refractivity contribution in [3.05, 3.63) is 146 Å². The van der Waals surface area contributed by atoms with Crippen molar-refractivity contribution in [2.24, 2.45) is 0 Å². The molecular formula is C41H24N2S2. The Balaban J connectivity index is 1.09. The molecule has 45 heavy (non-hydrogen) atoms.